The number of nitrogens with one attached hydrogen (secondary N) is 1. The third kappa shape index (κ3) is 4.08. The molecule has 1 N–H and O–H groups in total. The first-order valence-electron chi connectivity index (χ1n) is 6.83. The SMILES string of the molecule is Cc1cccc([C@H](C)NCc2ccccc2C(F)(F)F)c1. The third-order valence-corrected chi connectivity index (χ3v) is 3.46. The molecule has 2 aromatic rings. The molecule has 112 valence electrons. The molecular formula is C17H18F3N. The highest BCUT2D eigenvalue weighted by Crippen LogP contribution is 2.32. The molecule has 0 saturated carbocycles. The lowest BCUT2D eigenvalue weighted by Gasteiger charge is -2.17. The lowest BCUT2D eigenvalue weighted by molar-refractivity contribution is -0.138. The first-order valence-corrected chi connectivity index (χ1v) is 6.83. The van der Waals surface area contributed by atoms with E-state index < -0.39 is 11.7 Å². The lowest BCUT2D eigenvalue weighted by atomic mass is 10.0. The van der Waals surface area contributed by atoms with Crippen LogP contribution in [-0.4, -0.2) is 0 Å². The van der Waals surface area contributed by atoms with E-state index in [1.165, 1.54) is 12.1 Å². The van der Waals surface area contributed by atoms with Gasteiger partial charge in [0.15, 0.2) is 0 Å². The summed E-state index contributed by atoms with van der Waals surface area (Å²) >= 11 is 0. The second-order valence-corrected chi connectivity index (χ2v) is 5.17. The third-order valence-electron chi connectivity index (χ3n) is 3.46. The van der Waals surface area contributed by atoms with E-state index in [2.05, 4.69) is 5.32 Å². The second-order valence-electron chi connectivity index (χ2n) is 5.17. The van der Waals surface area contributed by atoms with Crippen LogP contribution in [0.15, 0.2) is 48.5 Å². The number of halogens is 3. The van der Waals surface area contributed by atoms with Gasteiger partial charge in [0.05, 0.1) is 5.56 Å². The molecule has 0 aromatic heterocycles. The first kappa shape index (κ1) is 15.6. The Morgan fingerprint density at radius 2 is 1.76 bits per heavy atom. The van der Waals surface area contributed by atoms with Gasteiger partial charge in [-0.05, 0) is 31.0 Å². The molecule has 0 spiro atoms. The summed E-state index contributed by atoms with van der Waals surface area (Å²) in [7, 11) is 0. The number of hydrogen-bond donors (Lipinski definition) is 1. The average molecular weight is 293 g/mol. The Morgan fingerprint density at radius 3 is 2.43 bits per heavy atom. The summed E-state index contributed by atoms with van der Waals surface area (Å²) < 4.78 is 38.8. The van der Waals surface area contributed by atoms with Crippen molar-refractivity contribution in [1.82, 2.24) is 5.32 Å². The van der Waals surface area contributed by atoms with Gasteiger partial charge < -0.3 is 5.32 Å². The van der Waals surface area contributed by atoms with Crippen LogP contribution in [-0.2, 0) is 12.7 Å². The van der Waals surface area contributed by atoms with Gasteiger partial charge in [-0.3, -0.25) is 0 Å². The van der Waals surface area contributed by atoms with Crippen LogP contribution in [0.1, 0.15) is 35.2 Å². The summed E-state index contributed by atoms with van der Waals surface area (Å²) in [5.41, 5.74) is 1.90. The normalized spacial score (nSPS) is 13.2. The van der Waals surface area contributed by atoms with Crippen LogP contribution in [0.3, 0.4) is 0 Å². The van der Waals surface area contributed by atoms with Crippen molar-refractivity contribution in [3.8, 4) is 0 Å². The molecule has 2 aromatic carbocycles. The minimum atomic E-state index is -4.31. The summed E-state index contributed by atoms with van der Waals surface area (Å²) in [4.78, 5) is 0. The number of benzene rings is 2. The molecule has 0 aliphatic heterocycles. The predicted octanol–water partition coefficient (Wildman–Crippen LogP) is 4.86. The summed E-state index contributed by atoms with van der Waals surface area (Å²) in [6.07, 6.45) is -4.31. The minimum absolute atomic E-state index is 0.00816. The van der Waals surface area contributed by atoms with Crippen LogP contribution in [0.5, 0.6) is 0 Å². The molecule has 21 heavy (non-hydrogen) atoms. The fourth-order valence-corrected chi connectivity index (χ4v) is 2.27. The van der Waals surface area contributed by atoms with Crippen molar-refractivity contribution in [3.63, 3.8) is 0 Å². The molecule has 0 heterocycles. The Balaban J connectivity index is 2.10. The maximum absolute atomic E-state index is 12.9. The van der Waals surface area contributed by atoms with E-state index in [0.717, 1.165) is 17.2 Å². The van der Waals surface area contributed by atoms with Crippen molar-refractivity contribution >= 4 is 0 Å². The monoisotopic (exact) mass is 293 g/mol. The smallest absolute Gasteiger partial charge is 0.306 e. The Kier molecular flexibility index (Phi) is 4.68. The quantitative estimate of drug-likeness (QED) is 0.848. The molecule has 0 bridgehead atoms. The summed E-state index contributed by atoms with van der Waals surface area (Å²) in [5.74, 6) is 0. The van der Waals surface area contributed by atoms with E-state index in [-0.39, 0.29) is 18.2 Å². The van der Waals surface area contributed by atoms with Crippen LogP contribution in [0.2, 0.25) is 0 Å². The fraction of sp³-hybridized carbons (Fsp3) is 0.294. The van der Waals surface area contributed by atoms with E-state index in [0.29, 0.717) is 0 Å². The number of rotatable bonds is 4. The van der Waals surface area contributed by atoms with E-state index in [1.807, 2.05) is 38.1 Å². The van der Waals surface area contributed by atoms with E-state index in [9.17, 15) is 13.2 Å². The van der Waals surface area contributed by atoms with Gasteiger partial charge >= 0.3 is 6.18 Å². The summed E-state index contributed by atoms with van der Waals surface area (Å²) in [6.45, 7) is 4.13. The van der Waals surface area contributed by atoms with Gasteiger partial charge in [-0.25, -0.2) is 0 Å². The maximum Gasteiger partial charge on any atom is 0.416 e. The molecule has 1 atom stereocenters. The van der Waals surface area contributed by atoms with E-state index in [4.69, 9.17) is 0 Å². The van der Waals surface area contributed by atoms with Crippen molar-refractivity contribution in [2.24, 2.45) is 0 Å². The van der Waals surface area contributed by atoms with Gasteiger partial charge in [0.25, 0.3) is 0 Å². The Bertz CT molecular complexity index is 605. The van der Waals surface area contributed by atoms with Crippen molar-refractivity contribution in [3.05, 3.63) is 70.8 Å². The molecule has 0 fully saturated rings. The zero-order valence-electron chi connectivity index (χ0n) is 12.0. The molecule has 0 unspecified atom stereocenters. The fourth-order valence-electron chi connectivity index (χ4n) is 2.27. The van der Waals surface area contributed by atoms with Crippen LogP contribution < -0.4 is 5.32 Å². The van der Waals surface area contributed by atoms with Gasteiger partial charge in [-0.15, -0.1) is 0 Å². The molecule has 4 heteroatoms. The zero-order valence-corrected chi connectivity index (χ0v) is 12.0. The van der Waals surface area contributed by atoms with E-state index >= 15 is 0 Å². The molecule has 0 amide bonds. The average Bonchev–Trinajstić information content (AvgIpc) is 2.44. The highest BCUT2D eigenvalue weighted by atomic mass is 19.4. The standard InChI is InChI=1S/C17H18F3N/c1-12-6-5-8-14(10-12)13(2)21-11-15-7-3-4-9-16(15)17(18,19)20/h3-10,13,21H,11H2,1-2H3/t13-/m0/s1. The first-order chi connectivity index (χ1) is 9.88. The van der Waals surface area contributed by atoms with Gasteiger partial charge in [0.2, 0.25) is 0 Å². The molecular weight excluding hydrogens is 275 g/mol. The molecule has 0 aliphatic carbocycles. The Morgan fingerprint density at radius 1 is 1.05 bits per heavy atom. The van der Waals surface area contributed by atoms with Crippen molar-refractivity contribution in [2.75, 3.05) is 0 Å². The highest BCUT2D eigenvalue weighted by molar-refractivity contribution is 5.30. The molecule has 0 aliphatic rings. The van der Waals surface area contributed by atoms with Crippen molar-refractivity contribution in [1.29, 1.82) is 0 Å². The van der Waals surface area contributed by atoms with Crippen molar-refractivity contribution in [2.45, 2.75) is 32.6 Å². The van der Waals surface area contributed by atoms with Gasteiger partial charge in [0, 0.05) is 12.6 Å². The Labute approximate surface area is 122 Å². The molecule has 1 nitrogen and oxygen atoms in total. The lowest BCUT2D eigenvalue weighted by Crippen LogP contribution is -2.20. The van der Waals surface area contributed by atoms with Crippen molar-refractivity contribution < 1.29 is 13.2 Å². The maximum atomic E-state index is 12.9. The molecule has 0 saturated heterocycles. The van der Waals surface area contributed by atoms with Gasteiger partial charge in [-0.2, -0.15) is 13.2 Å². The number of hydrogen-bond acceptors (Lipinski definition) is 1. The molecule has 2 rings (SSSR count). The minimum Gasteiger partial charge on any atom is -0.306 e. The van der Waals surface area contributed by atoms with Crippen LogP contribution >= 0.6 is 0 Å². The van der Waals surface area contributed by atoms with Gasteiger partial charge in [0.1, 0.15) is 0 Å². The van der Waals surface area contributed by atoms with Crippen LogP contribution in [0, 0.1) is 6.92 Å². The van der Waals surface area contributed by atoms with E-state index in [1.54, 1.807) is 6.07 Å². The van der Waals surface area contributed by atoms with Crippen LogP contribution in [0.25, 0.3) is 0 Å². The Hall–Kier alpha value is -1.81. The number of alkyl halides is 3. The number of aryl methyl sites for hydroxylation is 1. The van der Waals surface area contributed by atoms with Crippen LogP contribution in [0.4, 0.5) is 13.2 Å². The van der Waals surface area contributed by atoms with Gasteiger partial charge in [-0.1, -0.05) is 48.0 Å². The predicted molar refractivity (Wildman–Crippen MR) is 77.9 cm³/mol. The second kappa shape index (κ2) is 6.31. The summed E-state index contributed by atoms with van der Waals surface area (Å²) in [5, 5.41) is 3.15. The highest BCUT2D eigenvalue weighted by Gasteiger charge is 2.32. The molecule has 0 radical (unpaired) electrons. The topological polar surface area (TPSA) is 12.0 Å². The largest absolute Gasteiger partial charge is 0.416 e. The zero-order chi connectivity index (χ0) is 15.5. The summed E-state index contributed by atoms with van der Waals surface area (Å²) in [6, 6.07) is 13.6.